The van der Waals surface area contributed by atoms with Crippen molar-refractivity contribution in [2.75, 3.05) is 0 Å². The molecule has 2 aromatic rings. The van der Waals surface area contributed by atoms with Gasteiger partial charge in [0.2, 0.25) is 0 Å². The van der Waals surface area contributed by atoms with Crippen LogP contribution in [0.15, 0.2) is 36.4 Å². The maximum atomic E-state index is 10.9. The molecule has 0 amide bonds. The standard InChI is InChI=1S/C12H10ClNO2/c1-14-10(8-5-3-2-4-6-8)7-9(11(14)13)12(15)16/h2-7H,1H3,(H,15,16). The summed E-state index contributed by atoms with van der Waals surface area (Å²) in [6.45, 7) is 0. The lowest BCUT2D eigenvalue weighted by Gasteiger charge is -2.03. The molecule has 1 heterocycles. The first-order valence-corrected chi connectivity index (χ1v) is 5.13. The predicted molar refractivity (Wildman–Crippen MR) is 62.8 cm³/mol. The first kappa shape index (κ1) is 10.8. The van der Waals surface area contributed by atoms with Crippen LogP contribution in [0.2, 0.25) is 5.15 Å². The first-order valence-electron chi connectivity index (χ1n) is 4.75. The molecule has 0 radical (unpaired) electrons. The second-order valence-corrected chi connectivity index (χ2v) is 3.82. The van der Waals surface area contributed by atoms with E-state index < -0.39 is 5.97 Å². The average molecular weight is 236 g/mol. The molecule has 0 saturated carbocycles. The van der Waals surface area contributed by atoms with Crippen molar-refractivity contribution in [3.05, 3.63) is 47.1 Å². The summed E-state index contributed by atoms with van der Waals surface area (Å²) < 4.78 is 1.67. The summed E-state index contributed by atoms with van der Waals surface area (Å²) in [5.74, 6) is -1.01. The Labute approximate surface area is 97.9 Å². The van der Waals surface area contributed by atoms with Gasteiger partial charge in [-0.05, 0) is 11.6 Å². The number of benzene rings is 1. The highest BCUT2D eigenvalue weighted by Gasteiger charge is 2.16. The Morgan fingerprint density at radius 2 is 1.94 bits per heavy atom. The molecule has 3 nitrogen and oxygen atoms in total. The maximum absolute atomic E-state index is 10.9. The average Bonchev–Trinajstić information content (AvgIpc) is 2.58. The van der Waals surface area contributed by atoms with Crippen molar-refractivity contribution < 1.29 is 9.90 Å². The summed E-state index contributed by atoms with van der Waals surface area (Å²) >= 11 is 5.94. The SMILES string of the molecule is Cn1c(-c2ccccc2)cc(C(=O)O)c1Cl. The molecule has 4 heteroatoms. The van der Waals surface area contributed by atoms with Crippen molar-refractivity contribution in [2.45, 2.75) is 0 Å². The van der Waals surface area contributed by atoms with Gasteiger partial charge in [0.25, 0.3) is 0 Å². The van der Waals surface area contributed by atoms with Crippen molar-refractivity contribution in [2.24, 2.45) is 7.05 Å². The van der Waals surface area contributed by atoms with Gasteiger partial charge in [-0.2, -0.15) is 0 Å². The molecule has 82 valence electrons. The van der Waals surface area contributed by atoms with E-state index in [0.29, 0.717) is 0 Å². The van der Waals surface area contributed by atoms with E-state index in [2.05, 4.69) is 0 Å². The van der Waals surface area contributed by atoms with Crippen LogP contribution >= 0.6 is 11.6 Å². The molecular weight excluding hydrogens is 226 g/mol. The topological polar surface area (TPSA) is 42.2 Å². The first-order chi connectivity index (χ1) is 7.61. The molecule has 0 spiro atoms. The van der Waals surface area contributed by atoms with Crippen molar-refractivity contribution in [1.29, 1.82) is 0 Å². The molecule has 0 aliphatic rings. The number of nitrogens with zero attached hydrogens (tertiary/aromatic N) is 1. The van der Waals surface area contributed by atoms with E-state index >= 15 is 0 Å². The molecule has 0 unspecified atom stereocenters. The molecule has 0 aliphatic heterocycles. The van der Waals surface area contributed by atoms with Gasteiger partial charge in [0, 0.05) is 12.7 Å². The van der Waals surface area contributed by atoms with Crippen molar-refractivity contribution in [3.8, 4) is 11.3 Å². The van der Waals surface area contributed by atoms with Crippen molar-refractivity contribution in [3.63, 3.8) is 0 Å². The predicted octanol–water partition coefficient (Wildman–Crippen LogP) is 3.04. The third-order valence-corrected chi connectivity index (χ3v) is 2.92. The Morgan fingerprint density at radius 3 is 2.44 bits per heavy atom. The van der Waals surface area contributed by atoms with Crippen LogP contribution < -0.4 is 0 Å². The normalized spacial score (nSPS) is 10.4. The number of rotatable bonds is 2. The number of carbonyl (C=O) groups is 1. The smallest absolute Gasteiger partial charge is 0.338 e. The molecule has 16 heavy (non-hydrogen) atoms. The lowest BCUT2D eigenvalue weighted by Crippen LogP contribution is -1.96. The zero-order valence-electron chi connectivity index (χ0n) is 8.64. The van der Waals surface area contributed by atoms with Gasteiger partial charge in [-0.15, -0.1) is 0 Å². The van der Waals surface area contributed by atoms with Crippen LogP contribution in [0.25, 0.3) is 11.3 Å². The molecule has 1 aromatic carbocycles. The number of hydrogen-bond acceptors (Lipinski definition) is 1. The van der Waals surface area contributed by atoms with Crippen molar-refractivity contribution in [1.82, 2.24) is 4.57 Å². The third kappa shape index (κ3) is 1.70. The van der Waals surface area contributed by atoms with Gasteiger partial charge in [-0.3, -0.25) is 0 Å². The highest BCUT2D eigenvalue weighted by atomic mass is 35.5. The monoisotopic (exact) mass is 235 g/mol. The third-order valence-electron chi connectivity index (χ3n) is 2.46. The number of hydrogen-bond donors (Lipinski definition) is 1. The quantitative estimate of drug-likeness (QED) is 0.869. The molecule has 1 N–H and O–H groups in total. The van der Waals surface area contributed by atoms with E-state index in [9.17, 15) is 4.79 Å². The fourth-order valence-corrected chi connectivity index (χ4v) is 1.84. The van der Waals surface area contributed by atoms with E-state index in [0.717, 1.165) is 11.3 Å². The number of carboxylic acid groups (broad SMARTS) is 1. The second kappa shape index (κ2) is 4.02. The van der Waals surface area contributed by atoms with E-state index in [1.54, 1.807) is 17.7 Å². The molecule has 0 fully saturated rings. The van der Waals surface area contributed by atoms with Crippen LogP contribution in [0.5, 0.6) is 0 Å². The zero-order valence-corrected chi connectivity index (χ0v) is 9.40. The summed E-state index contributed by atoms with van der Waals surface area (Å²) in [6.07, 6.45) is 0. The largest absolute Gasteiger partial charge is 0.478 e. The lowest BCUT2D eigenvalue weighted by atomic mass is 10.1. The highest BCUT2D eigenvalue weighted by Crippen LogP contribution is 2.27. The van der Waals surface area contributed by atoms with E-state index in [1.807, 2.05) is 30.3 Å². The van der Waals surface area contributed by atoms with E-state index in [-0.39, 0.29) is 10.7 Å². The number of aromatic nitrogens is 1. The molecular formula is C12H10ClNO2. The van der Waals surface area contributed by atoms with Gasteiger partial charge in [0.1, 0.15) is 5.15 Å². The fraction of sp³-hybridized carbons (Fsp3) is 0.0833. The molecule has 0 saturated heterocycles. The minimum Gasteiger partial charge on any atom is -0.478 e. The van der Waals surface area contributed by atoms with Crippen LogP contribution in [0, 0.1) is 0 Å². The Kier molecular flexibility index (Phi) is 2.71. The van der Waals surface area contributed by atoms with Crippen LogP contribution in [0.4, 0.5) is 0 Å². The summed E-state index contributed by atoms with van der Waals surface area (Å²) in [6, 6.07) is 11.1. The lowest BCUT2D eigenvalue weighted by molar-refractivity contribution is 0.0697. The molecule has 0 bridgehead atoms. The summed E-state index contributed by atoms with van der Waals surface area (Å²) in [7, 11) is 1.75. The summed E-state index contributed by atoms with van der Waals surface area (Å²) in [4.78, 5) is 10.9. The number of carboxylic acids is 1. The van der Waals surface area contributed by atoms with Crippen LogP contribution in [0.1, 0.15) is 10.4 Å². The van der Waals surface area contributed by atoms with Gasteiger partial charge in [-0.25, -0.2) is 4.79 Å². The van der Waals surface area contributed by atoms with E-state index in [4.69, 9.17) is 16.7 Å². The number of halogens is 1. The Hall–Kier alpha value is -1.74. The highest BCUT2D eigenvalue weighted by molar-refractivity contribution is 6.33. The second-order valence-electron chi connectivity index (χ2n) is 3.46. The van der Waals surface area contributed by atoms with Gasteiger partial charge < -0.3 is 9.67 Å². The van der Waals surface area contributed by atoms with Crippen LogP contribution in [-0.2, 0) is 7.05 Å². The van der Waals surface area contributed by atoms with Gasteiger partial charge in [-0.1, -0.05) is 41.9 Å². The maximum Gasteiger partial charge on any atom is 0.338 e. The Balaban J connectivity index is 2.60. The molecule has 2 rings (SSSR count). The molecule has 1 aromatic heterocycles. The van der Waals surface area contributed by atoms with Gasteiger partial charge >= 0.3 is 5.97 Å². The molecule has 0 aliphatic carbocycles. The Bertz CT molecular complexity index is 531. The summed E-state index contributed by atoms with van der Waals surface area (Å²) in [5, 5.41) is 9.19. The zero-order chi connectivity index (χ0) is 11.7. The Morgan fingerprint density at radius 1 is 1.31 bits per heavy atom. The van der Waals surface area contributed by atoms with E-state index in [1.165, 1.54) is 0 Å². The minimum absolute atomic E-state index is 0.128. The van der Waals surface area contributed by atoms with Gasteiger partial charge in [0.05, 0.1) is 5.56 Å². The minimum atomic E-state index is -1.01. The number of aromatic carboxylic acids is 1. The summed E-state index contributed by atoms with van der Waals surface area (Å²) in [5.41, 5.74) is 1.87. The fourth-order valence-electron chi connectivity index (χ4n) is 1.62. The van der Waals surface area contributed by atoms with Crippen molar-refractivity contribution >= 4 is 17.6 Å². The van der Waals surface area contributed by atoms with Gasteiger partial charge in [0.15, 0.2) is 0 Å². The van der Waals surface area contributed by atoms with Crippen LogP contribution in [-0.4, -0.2) is 15.6 Å². The molecule has 0 atom stereocenters. The van der Waals surface area contributed by atoms with Crippen LogP contribution in [0.3, 0.4) is 0 Å².